The molecule has 6 heteroatoms. The Kier molecular flexibility index (Phi) is 7.00. The highest BCUT2D eigenvalue weighted by molar-refractivity contribution is 5.85. The number of alkyl carbamates (subject to hydrolysis) is 1. The van der Waals surface area contributed by atoms with Crippen LogP contribution in [-0.4, -0.2) is 43.5 Å². The first-order valence-corrected chi connectivity index (χ1v) is 9.91. The lowest BCUT2D eigenvalue weighted by Gasteiger charge is -2.14. The van der Waals surface area contributed by atoms with E-state index >= 15 is 0 Å². The summed E-state index contributed by atoms with van der Waals surface area (Å²) >= 11 is 0. The SMILES string of the molecule is CN(C=O)C(=O)CCCCCNC(=O)OCC1c2ccccc2-c2ccccc21. The molecule has 152 valence electrons. The van der Waals surface area contributed by atoms with Gasteiger partial charge in [0.25, 0.3) is 0 Å². The highest BCUT2D eigenvalue weighted by Gasteiger charge is 2.28. The monoisotopic (exact) mass is 394 g/mol. The third-order valence-electron chi connectivity index (χ3n) is 5.23. The van der Waals surface area contributed by atoms with E-state index in [9.17, 15) is 14.4 Å². The largest absolute Gasteiger partial charge is 0.449 e. The lowest BCUT2D eigenvalue weighted by molar-refractivity contribution is -0.136. The van der Waals surface area contributed by atoms with Crippen molar-refractivity contribution in [2.45, 2.75) is 31.6 Å². The zero-order chi connectivity index (χ0) is 20.6. The van der Waals surface area contributed by atoms with Crippen molar-refractivity contribution in [3.63, 3.8) is 0 Å². The smallest absolute Gasteiger partial charge is 0.407 e. The summed E-state index contributed by atoms with van der Waals surface area (Å²) < 4.78 is 5.48. The average Bonchev–Trinajstić information content (AvgIpc) is 3.07. The van der Waals surface area contributed by atoms with Gasteiger partial charge in [0.05, 0.1) is 0 Å². The van der Waals surface area contributed by atoms with Crippen LogP contribution < -0.4 is 5.32 Å². The molecule has 2 aromatic rings. The zero-order valence-electron chi connectivity index (χ0n) is 16.6. The van der Waals surface area contributed by atoms with Gasteiger partial charge in [0.15, 0.2) is 0 Å². The molecule has 0 radical (unpaired) electrons. The third kappa shape index (κ3) is 5.02. The number of ether oxygens (including phenoxy) is 1. The molecule has 29 heavy (non-hydrogen) atoms. The van der Waals surface area contributed by atoms with Gasteiger partial charge in [-0.05, 0) is 35.1 Å². The Hall–Kier alpha value is -3.15. The lowest BCUT2D eigenvalue weighted by atomic mass is 9.98. The van der Waals surface area contributed by atoms with Crippen molar-refractivity contribution in [3.8, 4) is 11.1 Å². The fourth-order valence-electron chi connectivity index (χ4n) is 3.65. The number of nitrogens with zero attached hydrogens (tertiary/aromatic N) is 1. The maximum atomic E-state index is 12.1. The molecular formula is C23H26N2O4. The van der Waals surface area contributed by atoms with Crippen LogP contribution in [0.25, 0.3) is 11.1 Å². The number of hydrogen-bond donors (Lipinski definition) is 1. The van der Waals surface area contributed by atoms with Crippen LogP contribution in [0.4, 0.5) is 4.79 Å². The topological polar surface area (TPSA) is 75.7 Å². The average molecular weight is 394 g/mol. The molecule has 0 unspecified atom stereocenters. The minimum atomic E-state index is -0.427. The Balaban J connectivity index is 1.40. The number of rotatable bonds is 9. The summed E-state index contributed by atoms with van der Waals surface area (Å²) in [5.41, 5.74) is 4.77. The molecule has 0 aromatic heterocycles. The molecule has 0 spiro atoms. The van der Waals surface area contributed by atoms with E-state index in [1.54, 1.807) is 0 Å². The number of amides is 3. The van der Waals surface area contributed by atoms with Gasteiger partial charge in [0.1, 0.15) is 6.61 Å². The van der Waals surface area contributed by atoms with Gasteiger partial charge in [-0.2, -0.15) is 0 Å². The first-order chi connectivity index (χ1) is 14.1. The second kappa shape index (κ2) is 9.87. The van der Waals surface area contributed by atoms with Crippen LogP contribution in [0.2, 0.25) is 0 Å². The third-order valence-corrected chi connectivity index (χ3v) is 5.23. The van der Waals surface area contributed by atoms with Crippen molar-refractivity contribution in [3.05, 3.63) is 59.7 Å². The van der Waals surface area contributed by atoms with E-state index < -0.39 is 6.09 Å². The number of benzene rings is 2. The van der Waals surface area contributed by atoms with E-state index in [-0.39, 0.29) is 11.8 Å². The van der Waals surface area contributed by atoms with Crippen molar-refractivity contribution in [2.75, 3.05) is 20.2 Å². The van der Waals surface area contributed by atoms with Crippen LogP contribution in [0, 0.1) is 0 Å². The van der Waals surface area contributed by atoms with Crippen LogP contribution in [0.1, 0.15) is 42.7 Å². The standard InChI is InChI=1S/C23H26N2O4/c1-25(16-26)22(27)13-3-2-8-14-24-23(28)29-15-21-19-11-6-4-9-17(19)18-10-5-7-12-20(18)21/h4-7,9-12,16,21H,2-3,8,13-15H2,1H3,(H,24,28). The zero-order valence-corrected chi connectivity index (χ0v) is 16.6. The van der Waals surface area contributed by atoms with Crippen molar-refractivity contribution in [1.82, 2.24) is 10.2 Å². The highest BCUT2D eigenvalue weighted by Crippen LogP contribution is 2.44. The van der Waals surface area contributed by atoms with Crippen molar-refractivity contribution < 1.29 is 19.1 Å². The molecule has 1 aliphatic carbocycles. The molecule has 1 aliphatic rings. The number of nitrogens with one attached hydrogen (secondary N) is 1. The van der Waals surface area contributed by atoms with Gasteiger partial charge in [-0.25, -0.2) is 4.79 Å². The minimum Gasteiger partial charge on any atom is -0.449 e. The Morgan fingerprint density at radius 2 is 1.62 bits per heavy atom. The summed E-state index contributed by atoms with van der Waals surface area (Å²) in [5.74, 6) is -0.140. The Labute approximate surface area is 170 Å². The predicted molar refractivity (Wildman–Crippen MR) is 110 cm³/mol. The van der Waals surface area contributed by atoms with Gasteiger partial charge < -0.3 is 10.1 Å². The van der Waals surface area contributed by atoms with Gasteiger partial charge >= 0.3 is 6.09 Å². The summed E-state index contributed by atoms with van der Waals surface area (Å²) in [6.07, 6.45) is 2.65. The molecule has 6 nitrogen and oxygen atoms in total. The number of carbonyl (C=O) groups is 3. The number of carbonyl (C=O) groups excluding carboxylic acids is 3. The molecule has 3 amide bonds. The first-order valence-electron chi connectivity index (χ1n) is 9.91. The number of fused-ring (bicyclic) bond motifs is 3. The molecule has 3 rings (SSSR count). The molecule has 0 aliphatic heterocycles. The van der Waals surface area contributed by atoms with Gasteiger partial charge in [-0.1, -0.05) is 55.0 Å². The Morgan fingerprint density at radius 3 is 2.24 bits per heavy atom. The molecule has 0 atom stereocenters. The molecule has 2 aromatic carbocycles. The highest BCUT2D eigenvalue weighted by atomic mass is 16.5. The maximum absolute atomic E-state index is 12.1. The second-order valence-corrected chi connectivity index (χ2v) is 7.17. The Bertz CT molecular complexity index is 835. The normalized spacial score (nSPS) is 12.0. The molecular weight excluding hydrogens is 368 g/mol. The molecule has 0 heterocycles. The van der Waals surface area contributed by atoms with Crippen LogP contribution >= 0.6 is 0 Å². The maximum Gasteiger partial charge on any atom is 0.407 e. The van der Waals surface area contributed by atoms with E-state index in [4.69, 9.17) is 4.74 Å². The fourth-order valence-corrected chi connectivity index (χ4v) is 3.65. The van der Waals surface area contributed by atoms with E-state index in [0.29, 0.717) is 32.4 Å². The Morgan fingerprint density at radius 1 is 1.00 bits per heavy atom. The number of imide groups is 1. The predicted octanol–water partition coefficient (Wildman–Crippen LogP) is 3.70. The van der Waals surface area contributed by atoms with Crippen molar-refractivity contribution in [1.29, 1.82) is 0 Å². The lowest BCUT2D eigenvalue weighted by Crippen LogP contribution is -2.27. The van der Waals surface area contributed by atoms with Gasteiger partial charge in [-0.3, -0.25) is 14.5 Å². The minimum absolute atomic E-state index is 0.0500. The molecule has 0 bridgehead atoms. The van der Waals surface area contributed by atoms with Gasteiger partial charge in [-0.15, -0.1) is 0 Å². The number of unbranched alkanes of at least 4 members (excludes halogenated alkanes) is 2. The van der Waals surface area contributed by atoms with E-state index in [2.05, 4.69) is 29.6 Å². The van der Waals surface area contributed by atoms with Crippen molar-refractivity contribution in [2.24, 2.45) is 0 Å². The summed E-state index contributed by atoms with van der Waals surface area (Å²) in [7, 11) is 1.45. The fraction of sp³-hybridized carbons (Fsp3) is 0.348. The summed E-state index contributed by atoms with van der Waals surface area (Å²) in [6.45, 7) is 0.792. The summed E-state index contributed by atoms with van der Waals surface area (Å²) in [4.78, 5) is 35.1. The molecule has 1 N–H and O–H groups in total. The van der Waals surface area contributed by atoms with Crippen LogP contribution in [-0.2, 0) is 14.3 Å². The van der Waals surface area contributed by atoms with Crippen LogP contribution in [0.15, 0.2) is 48.5 Å². The van der Waals surface area contributed by atoms with Crippen molar-refractivity contribution >= 4 is 18.4 Å². The van der Waals surface area contributed by atoms with Crippen LogP contribution in [0.5, 0.6) is 0 Å². The quantitative estimate of drug-likeness (QED) is 0.520. The van der Waals surface area contributed by atoms with Gasteiger partial charge in [0, 0.05) is 25.9 Å². The molecule has 0 fully saturated rings. The summed E-state index contributed by atoms with van der Waals surface area (Å²) in [6, 6.07) is 16.4. The van der Waals surface area contributed by atoms with Crippen LogP contribution in [0.3, 0.4) is 0 Å². The van der Waals surface area contributed by atoms with Gasteiger partial charge in [0.2, 0.25) is 12.3 Å². The summed E-state index contributed by atoms with van der Waals surface area (Å²) in [5, 5.41) is 2.76. The van der Waals surface area contributed by atoms with E-state index in [1.165, 1.54) is 29.3 Å². The first kappa shape index (κ1) is 20.6. The second-order valence-electron chi connectivity index (χ2n) is 7.17. The van der Waals surface area contributed by atoms with E-state index in [1.807, 2.05) is 24.3 Å². The van der Waals surface area contributed by atoms with E-state index in [0.717, 1.165) is 17.7 Å². The molecule has 0 saturated heterocycles. The number of hydrogen-bond acceptors (Lipinski definition) is 4. The molecule has 0 saturated carbocycles.